The molecule has 2 aliphatic rings. The van der Waals surface area contributed by atoms with Gasteiger partial charge in [-0.2, -0.15) is 4.39 Å². The van der Waals surface area contributed by atoms with Gasteiger partial charge in [-0.1, -0.05) is 0 Å². The number of hydrogen-bond acceptors (Lipinski definition) is 3. The summed E-state index contributed by atoms with van der Waals surface area (Å²) in [5.41, 5.74) is 0. The summed E-state index contributed by atoms with van der Waals surface area (Å²) in [5.74, 6) is 0.420. The molecule has 3 rings (SSSR count). The number of amides is 1. The van der Waals surface area contributed by atoms with Gasteiger partial charge in [0.05, 0.1) is 0 Å². The van der Waals surface area contributed by atoms with Crippen molar-refractivity contribution in [1.29, 1.82) is 0 Å². The van der Waals surface area contributed by atoms with Crippen LogP contribution in [0, 0.1) is 11.9 Å². The Bertz CT molecular complexity index is 406. The highest BCUT2D eigenvalue weighted by Crippen LogP contribution is 2.23. The fourth-order valence-electron chi connectivity index (χ4n) is 2.58. The number of hydrogen-bond donors (Lipinski definition) is 1. The molecule has 3 heterocycles. The molecule has 16 heavy (non-hydrogen) atoms. The minimum Gasteiger partial charge on any atom is -0.426 e. The highest BCUT2D eigenvalue weighted by atomic mass is 19.1. The number of fused-ring (bicyclic) bond motifs is 2. The topological polar surface area (TPSA) is 45.5 Å². The van der Waals surface area contributed by atoms with Crippen molar-refractivity contribution in [3.63, 3.8) is 0 Å². The predicted octanol–water partition coefficient (Wildman–Crippen LogP) is 0.853. The van der Waals surface area contributed by atoms with Crippen LogP contribution in [-0.2, 0) is 0 Å². The normalized spacial score (nSPS) is 28.4. The molecule has 0 aromatic carbocycles. The van der Waals surface area contributed by atoms with Gasteiger partial charge in [-0.15, -0.1) is 0 Å². The number of halogens is 1. The molecule has 0 aliphatic carbocycles. The zero-order valence-electron chi connectivity index (χ0n) is 8.78. The molecule has 2 aliphatic heterocycles. The summed E-state index contributed by atoms with van der Waals surface area (Å²) in [7, 11) is 0. The lowest BCUT2D eigenvalue weighted by Crippen LogP contribution is -2.44. The molecule has 86 valence electrons. The zero-order chi connectivity index (χ0) is 11.1. The molecule has 1 aromatic heterocycles. The third-order valence-electron chi connectivity index (χ3n) is 3.30. The second-order valence-electron chi connectivity index (χ2n) is 4.52. The van der Waals surface area contributed by atoms with Crippen LogP contribution in [0.25, 0.3) is 0 Å². The minimum absolute atomic E-state index is 0.0961. The lowest BCUT2D eigenvalue weighted by atomic mass is 10.00. The summed E-state index contributed by atoms with van der Waals surface area (Å²) in [6.07, 6.45) is 1.14. The van der Waals surface area contributed by atoms with E-state index < -0.39 is 6.01 Å². The highest BCUT2D eigenvalue weighted by Gasteiger charge is 2.35. The Morgan fingerprint density at radius 3 is 3.06 bits per heavy atom. The van der Waals surface area contributed by atoms with Crippen molar-refractivity contribution in [3.8, 4) is 0 Å². The summed E-state index contributed by atoms with van der Waals surface area (Å²) in [5, 5.41) is 3.36. The van der Waals surface area contributed by atoms with Crippen molar-refractivity contribution < 1.29 is 13.6 Å². The van der Waals surface area contributed by atoms with Crippen LogP contribution in [0.4, 0.5) is 4.39 Å². The number of piperidine rings is 1. The average Bonchev–Trinajstić information content (AvgIpc) is 2.84. The molecule has 2 bridgehead atoms. The molecule has 2 saturated heterocycles. The van der Waals surface area contributed by atoms with Gasteiger partial charge in [0.2, 0.25) is 0 Å². The van der Waals surface area contributed by atoms with E-state index in [0.717, 1.165) is 19.5 Å². The van der Waals surface area contributed by atoms with Gasteiger partial charge in [-0.25, -0.2) is 0 Å². The SMILES string of the molecule is O=C(c1ccc(F)o1)N1C[C@H]2CN[C@H](C2)C1. The van der Waals surface area contributed by atoms with E-state index in [1.54, 1.807) is 4.90 Å². The molecule has 0 unspecified atom stereocenters. The van der Waals surface area contributed by atoms with Crippen molar-refractivity contribution in [3.05, 3.63) is 23.9 Å². The Hall–Kier alpha value is -1.36. The number of rotatable bonds is 1. The molecule has 0 saturated carbocycles. The highest BCUT2D eigenvalue weighted by molar-refractivity contribution is 5.91. The van der Waals surface area contributed by atoms with E-state index in [2.05, 4.69) is 5.32 Å². The van der Waals surface area contributed by atoms with E-state index in [1.807, 2.05) is 0 Å². The Kier molecular flexibility index (Phi) is 2.21. The fraction of sp³-hybridized carbons (Fsp3) is 0.545. The lowest BCUT2D eigenvalue weighted by molar-refractivity contribution is 0.0651. The monoisotopic (exact) mass is 224 g/mol. The van der Waals surface area contributed by atoms with Crippen LogP contribution in [0.1, 0.15) is 17.0 Å². The van der Waals surface area contributed by atoms with Gasteiger partial charge in [-0.05, 0) is 18.4 Å². The number of nitrogens with one attached hydrogen (secondary N) is 1. The molecule has 2 atom stereocenters. The number of likely N-dealkylation sites (tertiary alicyclic amines) is 1. The summed E-state index contributed by atoms with van der Waals surface area (Å²) in [4.78, 5) is 13.7. The van der Waals surface area contributed by atoms with Gasteiger partial charge in [-0.3, -0.25) is 4.79 Å². The number of carbonyl (C=O) groups is 1. The van der Waals surface area contributed by atoms with Crippen LogP contribution in [0.2, 0.25) is 0 Å². The second kappa shape index (κ2) is 3.59. The molecular weight excluding hydrogens is 211 g/mol. The Morgan fingerprint density at radius 2 is 2.38 bits per heavy atom. The van der Waals surface area contributed by atoms with E-state index in [9.17, 15) is 9.18 Å². The summed E-state index contributed by atoms with van der Waals surface area (Å²) in [6, 6.07) is 2.25. The van der Waals surface area contributed by atoms with Crippen LogP contribution < -0.4 is 5.32 Å². The van der Waals surface area contributed by atoms with Crippen molar-refractivity contribution in [2.24, 2.45) is 5.92 Å². The predicted molar refractivity (Wildman–Crippen MR) is 54.5 cm³/mol. The molecule has 2 fully saturated rings. The molecule has 5 heteroatoms. The van der Waals surface area contributed by atoms with Gasteiger partial charge < -0.3 is 14.6 Å². The minimum atomic E-state index is -0.707. The van der Waals surface area contributed by atoms with Gasteiger partial charge in [0.15, 0.2) is 5.76 Å². The van der Waals surface area contributed by atoms with E-state index in [4.69, 9.17) is 4.42 Å². The maximum Gasteiger partial charge on any atom is 0.289 e. The standard InChI is InChI=1S/C11H13FN2O2/c12-10-2-1-9(16-10)11(15)14-5-7-3-8(6-14)13-4-7/h1-2,7-8,13H,3-6H2/t7-,8-/m1/s1. The van der Waals surface area contributed by atoms with E-state index in [1.165, 1.54) is 12.1 Å². The van der Waals surface area contributed by atoms with Crippen LogP contribution in [0.5, 0.6) is 0 Å². The van der Waals surface area contributed by atoms with Crippen molar-refractivity contribution >= 4 is 5.91 Å². The molecular formula is C11H13FN2O2. The Labute approximate surface area is 92.4 Å². The molecule has 1 amide bonds. The number of furan rings is 1. The largest absolute Gasteiger partial charge is 0.426 e. The first-order chi connectivity index (χ1) is 7.72. The average molecular weight is 224 g/mol. The van der Waals surface area contributed by atoms with E-state index in [0.29, 0.717) is 18.5 Å². The van der Waals surface area contributed by atoms with E-state index >= 15 is 0 Å². The summed E-state index contributed by atoms with van der Waals surface area (Å²) >= 11 is 0. The van der Waals surface area contributed by atoms with Gasteiger partial charge in [0.1, 0.15) is 0 Å². The lowest BCUT2D eigenvalue weighted by Gasteiger charge is -2.30. The van der Waals surface area contributed by atoms with Crippen LogP contribution in [0.15, 0.2) is 16.5 Å². The third-order valence-corrected chi connectivity index (χ3v) is 3.30. The first kappa shape index (κ1) is 9.84. The first-order valence-corrected chi connectivity index (χ1v) is 5.50. The van der Waals surface area contributed by atoms with Crippen LogP contribution in [-0.4, -0.2) is 36.5 Å². The summed E-state index contributed by atoms with van der Waals surface area (Å²) in [6.45, 7) is 2.41. The summed E-state index contributed by atoms with van der Waals surface area (Å²) < 4.78 is 17.4. The second-order valence-corrected chi connectivity index (χ2v) is 4.52. The van der Waals surface area contributed by atoms with Crippen molar-refractivity contribution in [1.82, 2.24) is 10.2 Å². The quantitative estimate of drug-likeness (QED) is 0.769. The molecule has 4 nitrogen and oxygen atoms in total. The first-order valence-electron chi connectivity index (χ1n) is 5.50. The molecule has 1 aromatic rings. The van der Waals surface area contributed by atoms with Crippen molar-refractivity contribution in [2.45, 2.75) is 12.5 Å². The maximum atomic E-state index is 12.7. The zero-order valence-corrected chi connectivity index (χ0v) is 8.78. The van der Waals surface area contributed by atoms with Crippen molar-refractivity contribution in [2.75, 3.05) is 19.6 Å². The Balaban J connectivity index is 1.76. The molecule has 0 spiro atoms. The Morgan fingerprint density at radius 1 is 1.50 bits per heavy atom. The van der Waals surface area contributed by atoms with E-state index in [-0.39, 0.29) is 11.7 Å². The number of nitrogens with zero attached hydrogens (tertiary/aromatic N) is 1. The van der Waals surface area contributed by atoms with Crippen LogP contribution >= 0.6 is 0 Å². The van der Waals surface area contributed by atoms with Gasteiger partial charge in [0.25, 0.3) is 11.9 Å². The van der Waals surface area contributed by atoms with Gasteiger partial charge in [0, 0.05) is 31.7 Å². The molecule has 0 radical (unpaired) electrons. The van der Waals surface area contributed by atoms with Gasteiger partial charge >= 0.3 is 0 Å². The smallest absolute Gasteiger partial charge is 0.289 e. The number of carbonyl (C=O) groups excluding carboxylic acids is 1. The fourth-order valence-corrected chi connectivity index (χ4v) is 2.58. The maximum absolute atomic E-state index is 12.7. The molecule has 1 N–H and O–H groups in total. The third kappa shape index (κ3) is 1.61. The van der Waals surface area contributed by atoms with Crippen LogP contribution in [0.3, 0.4) is 0 Å².